The molecule has 5 rings (SSSR count). The highest BCUT2D eigenvalue weighted by molar-refractivity contribution is 6.15. The predicted molar refractivity (Wildman–Crippen MR) is 147 cm³/mol. The van der Waals surface area contributed by atoms with Crippen molar-refractivity contribution in [3.05, 3.63) is 101 Å². The third-order valence-electron chi connectivity index (χ3n) is 7.18. The number of benzene rings is 3. The number of rotatable bonds is 6. The number of carbonyl (C=O) groups excluding carboxylic acids is 2. The molecule has 7 nitrogen and oxygen atoms in total. The molecule has 0 unspecified atom stereocenters. The lowest BCUT2D eigenvalue weighted by atomic mass is 10.0. The van der Waals surface area contributed by atoms with Crippen LogP contribution in [0.5, 0.6) is 0 Å². The van der Waals surface area contributed by atoms with Gasteiger partial charge in [-0.25, -0.2) is 0 Å². The van der Waals surface area contributed by atoms with Gasteiger partial charge in [-0.3, -0.25) is 14.6 Å². The van der Waals surface area contributed by atoms with Crippen molar-refractivity contribution >= 4 is 23.3 Å². The number of amidine groups is 1. The number of nitrogens with zero attached hydrogens (tertiary/aromatic N) is 3. The first-order valence-corrected chi connectivity index (χ1v) is 12.9. The van der Waals surface area contributed by atoms with Gasteiger partial charge in [0.15, 0.2) is 0 Å². The summed E-state index contributed by atoms with van der Waals surface area (Å²) in [6, 6.07) is 23.2. The smallest absolute Gasteiger partial charge is 0.256 e. The SMILES string of the molecule is CC[C@@H](NC(=O)c1ccc2c(c1)C(NC(=O)c1ccc(N3CCN(C)CC3)cc1)=NC2)c1ccccc1. The Morgan fingerprint density at radius 3 is 2.30 bits per heavy atom. The third kappa shape index (κ3) is 5.57. The molecule has 7 heteroatoms. The molecule has 0 aromatic heterocycles. The Labute approximate surface area is 218 Å². The number of likely N-dealkylation sites (N-methyl/N-ethyl adjacent to an activating group) is 1. The van der Waals surface area contributed by atoms with Crippen LogP contribution in [0.4, 0.5) is 5.69 Å². The minimum atomic E-state index is -0.207. The number of carbonyl (C=O) groups is 2. The van der Waals surface area contributed by atoms with E-state index in [0.717, 1.165) is 55.0 Å². The minimum Gasteiger partial charge on any atom is -0.369 e. The molecule has 0 bridgehead atoms. The van der Waals surface area contributed by atoms with Gasteiger partial charge < -0.3 is 20.4 Å². The van der Waals surface area contributed by atoms with Gasteiger partial charge in [-0.1, -0.05) is 43.3 Å². The summed E-state index contributed by atoms with van der Waals surface area (Å²) in [6.45, 7) is 6.57. The monoisotopic (exact) mass is 495 g/mol. The molecule has 190 valence electrons. The summed E-state index contributed by atoms with van der Waals surface area (Å²) in [6.07, 6.45) is 0.789. The number of hydrogen-bond donors (Lipinski definition) is 2. The van der Waals surface area contributed by atoms with Gasteiger partial charge in [-0.15, -0.1) is 0 Å². The summed E-state index contributed by atoms with van der Waals surface area (Å²) in [5.41, 5.74) is 5.12. The van der Waals surface area contributed by atoms with E-state index >= 15 is 0 Å². The van der Waals surface area contributed by atoms with Crippen LogP contribution in [0, 0.1) is 0 Å². The van der Waals surface area contributed by atoms with Crippen molar-refractivity contribution in [2.75, 3.05) is 38.1 Å². The van der Waals surface area contributed by atoms with Crippen LogP contribution in [0.1, 0.15) is 56.8 Å². The van der Waals surface area contributed by atoms with Crippen LogP contribution in [0.3, 0.4) is 0 Å². The van der Waals surface area contributed by atoms with E-state index in [9.17, 15) is 9.59 Å². The van der Waals surface area contributed by atoms with Gasteiger partial charge in [0.2, 0.25) is 0 Å². The maximum Gasteiger partial charge on any atom is 0.256 e. The number of anilines is 1. The molecule has 2 heterocycles. The normalized spacial score (nSPS) is 16.1. The zero-order valence-electron chi connectivity index (χ0n) is 21.4. The Morgan fingerprint density at radius 2 is 1.59 bits per heavy atom. The lowest BCUT2D eigenvalue weighted by molar-refractivity contribution is 0.0934. The van der Waals surface area contributed by atoms with Crippen molar-refractivity contribution in [1.82, 2.24) is 15.5 Å². The van der Waals surface area contributed by atoms with Crippen LogP contribution in [-0.2, 0) is 6.54 Å². The summed E-state index contributed by atoms with van der Waals surface area (Å²) in [5.74, 6) is 0.157. The second-order valence-corrected chi connectivity index (χ2v) is 9.67. The summed E-state index contributed by atoms with van der Waals surface area (Å²) in [4.78, 5) is 35.3. The summed E-state index contributed by atoms with van der Waals surface area (Å²) < 4.78 is 0. The van der Waals surface area contributed by atoms with E-state index in [0.29, 0.717) is 23.5 Å². The second kappa shape index (κ2) is 11.0. The zero-order chi connectivity index (χ0) is 25.8. The van der Waals surface area contributed by atoms with E-state index in [-0.39, 0.29) is 17.9 Å². The standard InChI is InChI=1S/C30H33N5O2/c1-3-27(21-7-5-4-6-8-21)32-30(37)23-9-10-24-20-31-28(26(24)19-23)33-29(36)22-11-13-25(14-12-22)35-17-15-34(2)16-18-35/h4-14,19,27H,3,15-18,20H2,1-2H3,(H,32,37)(H,31,33,36)/t27-/m1/s1. The van der Waals surface area contributed by atoms with E-state index in [2.05, 4.69) is 39.4 Å². The lowest BCUT2D eigenvalue weighted by Gasteiger charge is -2.34. The first kappa shape index (κ1) is 24.7. The molecule has 37 heavy (non-hydrogen) atoms. The van der Waals surface area contributed by atoms with Crippen molar-refractivity contribution in [3.63, 3.8) is 0 Å². The topological polar surface area (TPSA) is 77.0 Å². The molecule has 1 fully saturated rings. The van der Waals surface area contributed by atoms with E-state index < -0.39 is 0 Å². The van der Waals surface area contributed by atoms with Gasteiger partial charge in [0.05, 0.1) is 12.6 Å². The highest BCUT2D eigenvalue weighted by atomic mass is 16.2. The van der Waals surface area contributed by atoms with Crippen LogP contribution < -0.4 is 15.5 Å². The maximum atomic E-state index is 13.1. The van der Waals surface area contributed by atoms with E-state index in [4.69, 9.17) is 0 Å². The third-order valence-corrected chi connectivity index (χ3v) is 7.18. The Hall–Kier alpha value is -3.97. The molecule has 2 aliphatic heterocycles. The van der Waals surface area contributed by atoms with Crippen molar-refractivity contribution in [2.45, 2.75) is 25.9 Å². The molecule has 2 N–H and O–H groups in total. The second-order valence-electron chi connectivity index (χ2n) is 9.67. The number of piperazine rings is 1. The number of amides is 2. The number of fused-ring (bicyclic) bond motifs is 1. The molecule has 1 saturated heterocycles. The quantitative estimate of drug-likeness (QED) is 0.542. The fourth-order valence-electron chi connectivity index (χ4n) is 4.85. The fourth-order valence-corrected chi connectivity index (χ4v) is 4.85. The Kier molecular flexibility index (Phi) is 7.32. The van der Waals surface area contributed by atoms with Crippen molar-refractivity contribution in [2.24, 2.45) is 4.99 Å². The maximum absolute atomic E-state index is 13.1. The Morgan fingerprint density at radius 1 is 0.892 bits per heavy atom. The lowest BCUT2D eigenvalue weighted by Crippen LogP contribution is -2.44. The molecule has 1 atom stereocenters. The first-order valence-electron chi connectivity index (χ1n) is 12.9. The molecule has 3 aromatic carbocycles. The molecular formula is C30H33N5O2. The van der Waals surface area contributed by atoms with Crippen LogP contribution in [-0.4, -0.2) is 55.8 Å². The predicted octanol–water partition coefficient (Wildman–Crippen LogP) is 4.01. The highest BCUT2D eigenvalue weighted by Crippen LogP contribution is 2.22. The van der Waals surface area contributed by atoms with Gasteiger partial charge in [0.1, 0.15) is 5.84 Å². The average molecular weight is 496 g/mol. The number of aliphatic imine (C=N–C) groups is 1. The Bertz CT molecular complexity index is 1300. The van der Waals surface area contributed by atoms with Crippen molar-refractivity contribution < 1.29 is 9.59 Å². The van der Waals surface area contributed by atoms with E-state index in [1.54, 1.807) is 0 Å². The number of hydrogen-bond acceptors (Lipinski definition) is 5. The van der Waals surface area contributed by atoms with Crippen LogP contribution >= 0.6 is 0 Å². The molecule has 0 radical (unpaired) electrons. The molecule has 2 aliphatic rings. The molecule has 0 saturated carbocycles. The summed E-state index contributed by atoms with van der Waals surface area (Å²) in [5, 5.41) is 6.09. The van der Waals surface area contributed by atoms with Gasteiger partial charge in [-0.05, 0) is 61.0 Å². The fraction of sp³-hybridized carbons (Fsp3) is 0.300. The highest BCUT2D eigenvalue weighted by Gasteiger charge is 2.22. The Balaban J connectivity index is 1.25. The van der Waals surface area contributed by atoms with Gasteiger partial charge in [0, 0.05) is 48.6 Å². The van der Waals surface area contributed by atoms with Gasteiger partial charge >= 0.3 is 0 Å². The van der Waals surface area contributed by atoms with E-state index in [1.165, 1.54) is 0 Å². The first-order chi connectivity index (χ1) is 18.0. The zero-order valence-corrected chi connectivity index (χ0v) is 21.4. The van der Waals surface area contributed by atoms with Crippen molar-refractivity contribution in [1.29, 1.82) is 0 Å². The van der Waals surface area contributed by atoms with Crippen LogP contribution in [0.15, 0.2) is 77.8 Å². The van der Waals surface area contributed by atoms with Crippen molar-refractivity contribution in [3.8, 4) is 0 Å². The summed E-state index contributed by atoms with van der Waals surface area (Å²) in [7, 11) is 2.14. The molecule has 0 spiro atoms. The minimum absolute atomic E-state index is 0.0661. The molecule has 3 aromatic rings. The van der Waals surface area contributed by atoms with E-state index in [1.807, 2.05) is 72.8 Å². The van der Waals surface area contributed by atoms with Gasteiger partial charge in [0.25, 0.3) is 11.8 Å². The molecular weight excluding hydrogens is 462 g/mol. The largest absolute Gasteiger partial charge is 0.369 e. The summed E-state index contributed by atoms with van der Waals surface area (Å²) >= 11 is 0. The van der Waals surface area contributed by atoms with Crippen LogP contribution in [0.25, 0.3) is 0 Å². The van der Waals surface area contributed by atoms with Crippen LogP contribution in [0.2, 0.25) is 0 Å². The molecule has 0 aliphatic carbocycles. The average Bonchev–Trinajstić information content (AvgIpc) is 3.34. The molecule has 2 amide bonds. The van der Waals surface area contributed by atoms with Gasteiger partial charge in [-0.2, -0.15) is 0 Å². The number of nitrogens with one attached hydrogen (secondary N) is 2.